The van der Waals surface area contributed by atoms with Crippen LogP contribution < -0.4 is 16.0 Å². The van der Waals surface area contributed by atoms with Gasteiger partial charge >= 0.3 is 6.03 Å². The molecule has 0 saturated carbocycles. The van der Waals surface area contributed by atoms with Crippen molar-refractivity contribution in [1.82, 2.24) is 10.6 Å². The van der Waals surface area contributed by atoms with Gasteiger partial charge in [-0.1, -0.05) is 12.1 Å². The highest BCUT2D eigenvalue weighted by Gasteiger charge is 2.09. The number of benzene rings is 1. The Morgan fingerprint density at radius 2 is 2.04 bits per heavy atom. The third-order valence-electron chi connectivity index (χ3n) is 3.34. The van der Waals surface area contributed by atoms with Gasteiger partial charge in [-0.25, -0.2) is 4.79 Å². The summed E-state index contributed by atoms with van der Waals surface area (Å²) >= 11 is 0. The first-order valence-corrected chi connectivity index (χ1v) is 8.22. The molecule has 0 bridgehead atoms. The molecule has 2 rings (SSSR count). The first kappa shape index (κ1) is 18.5. The highest BCUT2D eigenvalue weighted by Crippen LogP contribution is 2.12. The summed E-state index contributed by atoms with van der Waals surface area (Å²) in [7, 11) is 0. The smallest absolute Gasteiger partial charge is 0.315 e. The van der Waals surface area contributed by atoms with Gasteiger partial charge in [0.1, 0.15) is 0 Å². The normalized spacial score (nSPS) is 10.3. The van der Waals surface area contributed by atoms with Crippen LogP contribution in [0.5, 0.6) is 0 Å². The highest BCUT2D eigenvalue weighted by molar-refractivity contribution is 6.02. The van der Waals surface area contributed by atoms with Crippen LogP contribution >= 0.6 is 0 Å². The lowest BCUT2D eigenvalue weighted by Crippen LogP contribution is -2.35. The molecule has 0 aliphatic rings. The maximum Gasteiger partial charge on any atom is 0.315 e. The molecular weight excluding hydrogens is 322 g/mol. The monoisotopic (exact) mass is 345 g/mol. The van der Waals surface area contributed by atoms with Crippen molar-refractivity contribution in [1.29, 1.82) is 0 Å². The molecule has 0 radical (unpaired) electrons. The number of ether oxygens (including phenoxy) is 1. The van der Waals surface area contributed by atoms with E-state index in [2.05, 4.69) is 16.0 Å². The summed E-state index contributed by atoms with van der Waals surface area (Å²) in [6.45, 7) is 4.17. The molecule has 25 heavy (non-hydrogen) atoms. The van der Waals surface area contributed by atoms with E-state index in [0.29, 0.717) is 32.0 Å². The van der Waals surface area contributed by atoms with Gasteiger partial charge in [-0.3, -0.25) is 4.79 Å². The van der Waals surface area contributed by atoms with Crippen molar-refractivity contribution in [3.05, 3.63) is 54.0 Å². The number of rotatable bonds is 9. The second-order valence-electron chi connectivity index (χ2n) is 5.29. The van der Waals surface area contributed by atoms with Crippen LogP contribution in [0.15, 0.2) is 47.1 Å². The fourth-order valence-corrected chi connectivity index (χ4v) is 2.12. The number of carbonyl (C=O) groups is 2. The van der Waals surface area contributed by atoms with E-state index in [1.54, 1.807) is 24.3 Å². The highest BCUT2D eigenvalue weighted by atomic mass is 16.5. The number of anilines is 1. The van der Waals surface area contributed by atoms with Crippen molar-refractivity contribution < 1.29 is 18.7 Å². The summed E-state index contributed by atoms with van der Waals surface area (Å²) in [6.07, 6.45) is 2.22. The standard InChI is InChI=1S/C18H23N3O4/c1-2-24-10-5-9-19-18(23)20-13-14-6-3-7-15(12-14)21-17(22)16-8-4-11-25-16/h3-4,6-8,11-12H,2,5,9-10,13H2,1H3,(H,21,22)(H2,19,20,23). The Bertz CT molecular complexity index is 671. The zero-order valence-corrected chi connectivity index (χ0v) is 14.2. The molecule has 3 N–H and O–H groups in total. The van der Waals surface area contributed by atoms with Gasteiger partial charge in [-0.2, -0.15) is 0 Å². The summed E-state index contributed by atoms with van der Waals surface area (Å²) in [4.78, 5) is 23.7. The van der Waals surface area contributed by atoms with Crippen molar-refractivity contribution in [2.45, 2.75) is 19.9 Å². The van der Waals surface area contributed by atoms with Crippen LogP contribution in [0.1, 0.15) is 29.5 Å². The second kappa shape index (κ2) is 10.1. The molecule has 7 heteroatoms. The van der Waals surface area contributed by atoms with E-state index >= 15 is 0 Å². The summed E-state index contributed by atoms with van der Waals surface area (Å²) in [5, 5.41) is 8.29. The lowest BCUT2D eigenvalue weighted by molar-refractivity contribution is 0.0996. The van der Waals surface area contributed by atoms with Crippen LogP contribution in [0.25, 0.3) is 0 Å². The average molecular weight is 345 g/mol. The summed E-state index contributed by atoms with van der Waals surface area (Å²) in [5.41, 5.74) is 1.51. The molecule has 2 aromatic rings. The van der Waals surface area contributed by atoms with Gasteiger partial charge in [-0.15, -0.1) is 0 Å². The molecule has 7 nitrogen and oxygen atoms in total. The molecule has 0 aliphatic carbocycles. The van der Waals surface area contributed by atoms with E-state index in [9.17, 15) is 9.59 Å². The number of hydrogen-bond donors (Lipinski definition) is 3. The van der Waals surface area contributed by atoms with E-state index in [-0.39, 0.29) is 17.7 Å². The van der Waals surface area contributed by atoms with Gasteiger partial charge in [0, 0.05) is 32.0 Å². The van der Waals surface area contributed by atoms with Crippen molar-refractivity contribution in [3.63, 3.8) is 0 Å². The summed E-state index contributed by atoms with van der Waals surface area (Å²) < 4.78 is 10.3. The zero-order chi connectivity index (χ0) is 17.9. The molecule has 0 fully saturated rings. The summed E-state index contributed by atoms with van der Waals surface area (Å²) in [5.74, 6) is -0.0721. The van der Waals surface area contributed by atoms with Crippen molar-refractivity contribution in [2.24, 2.45) is 0 Å². The average Bonchev–Trinajstić information content (AvgIpc) is 3.15. The van der Waals surface area contributed by atoms with Gasteiger partial charge in [-0.05, 0) is 43.2 Å². The molecule has 0 spiro atoms. The fraction of sp³-hybridized carbons (Fsp3) is 0.333. The van der Waals surface area contributed by atoms with Gasteiger partial charge in [0.25, 0.3) is 5.91 Å². The Morgan fingerprint density at radius 1 is 1.16 bits per heavy atom. The molecule has 0 saturated heterocycles. The molecule has 0 unspecified atom stereocenters. The Hall–Kier alpha value is -2.80. The lowest BCUT2D eigenvalue weighted by Gasteiger charge is -2.09. The SMILES string of the molecule is CCOCCCNC(=O)NCc1cccc(NC(=O)c2ccco2)c1. The maximum atomic E-state index is 12.0. The predicted molar refractivity (Wildman–Crippen MR) is 94.5 cm³/mol. The number of nitrogens with one attached hydrogen (secondary N) is 3. The van der Waals surface area contributed by atoms with E-state index < -0.39 is 0 Å². The molecule has 134 valence electrons. The molecule has 3 amide bonds. The topological polar surface area (TPSA) is 92.6 Å². The molecule has 1 heterocycles. The third kappa shape index (κ3) is 6.68. The minimum Gasteiger partial charge on any atom is -0.459 e. The number of carbonyl (C=O) groups excluding carboxylic acids is 2. The third-order valence-corrected chi connectivity index (χ3v) is 3.34. The van der Waals surface area contributed by atoms with Crippen LogP contribution in [0.3, 0.4) is 0 Å². The quantitative estimate of drug-likeness (QED) is 0.609. The Balaban J connectivity index is 1.75. The van der Waals surface area contributed by atoms with Gasteiger partial charge < -0.3 is 25.1 Å². The Kier molecular flexibility index (Phi) is 7.52. The van der Waals surface area contributed by atoms with E-state index in [1.807, 2.05) is 19.1 Å². The van der Waals surface area contributed by atoms with E-state index in [4.69, 9.17) is 9.15 Å². The van der Waals surface area contributed by atoms with E-state index in [1.165, 1.54) is 6.26 Å². The molecular formula is C18H23N3O4. The first-order chi connectivity index (χ1) is 12.2. The molecule has 0 atom stereocenters. The minimum absolute atomic E-state index is 0.235. The number of furan rings is 1. The Labute approximate surface area is 146 Å². The largest absolute Gasteiger partial charge is 0.459 e. The molecule has 1 aromatic heterocycles. The Morgan fingerprint density at radius 3 is 2.80 bits per heavy atom. The maximum absolute atomic E-state index is 12.0. The van der Waals surface area contributed by atoms with Gasteiger partial charge in [0.2, 0.25) is 0 Å². The van der Waals surface area contributed by atoms with Crippen molar-refractivity contribution in [3.8, 4) is 0 Å². The van der Waals surface area contributed by atoms with Crippen molar-refractivity contribution in [2.75, 3.05) is 25.1 Å². The second-order valence-corrected chi connectivity index (χ2v) is 5.29. The predicted octanol–water partition coefficient (Wildman–Crippen LogP) is 2.76. The van der Waals surface area contributed by atoms with Crippen LogP contribution in [-0.4, -0.2) is 31.7 Å². The lowest BCUT2D eigenvalue weighted by atomic mass is 10.2. The molecule has 1 aromatic carbocycles. The fourth-order valence-electron chi connectivity index (χ4n) is 2.12. The number of amides is 3. The minimum atomic E-state index is -0.317. The van der Waals surface area contributed by atoms with Crippen LogP contribution in [0, 0.1) is 0 Å². The van der Waals surface area contributed by atoms with Crippen LogP contribution in [0.4, 0.5) is 10.5 Å². The van der Waals surface area contributed by atoms with Gasteiger partial charge in [0.05, 0.1) is 6.26 Å². The number of hydrogen-bond acceptors (Lipinski definition) is 4. The van der Waals surface area contributed by atoms with Gasteiger partial charge in [0.15, 0.2) is 5.76 Å². The summed E-state index contributed by atoms with van der Waals surface area (Å²) in [6, 6.07) is 10.3. The van der Waals surface area contributed by atoms with Crippen LogP contribution in [0.2, 0.25) is 0 Å². The molecule has 0 aliphatic heterocycles. The number of urea groups is 1. The van der Waals surface area contributed by atoms with Crippen molar-refractivity contribution >= 4 is 17.6 Å². The van der Waals surface area contributed by atoms with E-state index in [0.717, 1.165) is 12.0 Å². The van der Waals surface area contributed by atoms with Crippen LogP contribution in [-0.2, 0) is 11.3 Å². The zero-order valence-electron chi connectivity index (χ0n) is 14.2. The first-order valence-electron chi connectivity index (χ1n) is 8.22.